The quantitative estimate of drug-likeness (QED) is 0.435. The molecule has 0 aromatic rings. The van der Waals surface area contributed by atoms with Crippen LogP contribution in [0.4, 0.5) is 4.79 Å². The van der Waals surface area contributed by atoms with E-state index in [1.165, 1.54) is 0 Å². The van der Waals surface area contributed by atoms with Crippen LogP contribution in [0.25, 0.3) is 0 Å². The molecule has 2 radical (unpaired) electrons. The first-order valence-corrected chi connectivity index (χ1v) is 4.07. The van der Waals surface area contributed by atoms with E-state index in [4.69, 9.17) is 12.6 Å². The summed E-state index contributed by atoms with van der Waals surface area (Å²) in [5, 5.41) is 0. The molecule has 1 unspecified atom stereocenters. The zero-order chi connectivity index (χ0) is 8.81. The first-order valence-electron chi connectivity index (χ1n) is 4.07. The smallest absolute Gasteiger partial charge is 0.236 e. The zero-order valence-corrected chi connectivity index (χ0v) is 6.90. The minimum Gasteiger partial charge on any atom is -0.467 e. The fourth-order valence-electron chi connectivity index (χ4n) is 1.13. The van der Waals surface area contributed by atoms with Gasteiger partial charge in [0.1, 0.15) is 6.10 Å². The van der Waals surface area contributed by atoms with Gasteiger partial charge in [-0.2, -0.15) is 0 Å². The summed E-state index contributed by atoms with van der Waals surface area (Å²) in [6, 6.07) is 0. The van der Waals surface area contributed by atoms with Crippen molar-refractivity contribution in [3.63, 3.8) is 0 Å². The Labute approximate surface area is 73.7 Å². The van der Waals surface area contributed by atoms with Crippen molar-refractivity contribution in [2.75, 3.05) is 0 Å². The van der Waals surface area contributed by atoms with Crippen molar-refractivity contribution in [2.24, 2.45) is 0 Å². The van der Waals surface area contributed by atoms with E-state index in [1.807, 2.05) is 12.2 Å². The molecule has 0 aromatic heterocycles. The standard InChI is InChI=1S/C9H11BO2/c10-9(11)12-8-6-4-2-1-3-5-7-8/h1-2,5,7-8H,3-4,6H2/b2-1+,7-5+. The Morgan fingerprint density at radius 1 is 1.42 bits per heavy atom. The third kappa shape index (κ3) is 3.42. The molecule has 1 rings (SSSR count). The predicted molar refractivity (Wildman–Crippen MR) is 48.2 cm³/mol. The Hall–Kier alpha value is -0.985. The van der Waals surface area contributed by atoms with E-state index >= 15 is 0 Å². The van der Waals surface area contributed by atoms with Gasteiger partial charge in [-0.3, -0.25) is 4.79 Å². The first kappa shape index (κ1) is 9.11. The van der Waals surface area contributed by atoms with Crippen molar-refractivity contribution in [3.05, 3.63) is 24.3 Å². The van der Waals surface area contributed by atoms with Gasteiger partial charge in [0.15, 0.2) is 0 Å². The molecule has 0 saturated carbocycles. The van der Waals surface area contributed by atoms with Crippen LogP contribution in [0.1, 0.15) is 19.3 Å². The molecular formula is C9H11BO2. The number of hydrogen-bond donors (Lipinski definition) is 0. The minimum atomic E-state index is -0.700. The second kappa shape index (κ2) is 4.80. The number of allylic oxidation sites excluding steroid dienone is 3. The summed E-state index contributed by atoms with van der Waals surface area (Å²) in [5.74, 6) is -0.700. The highest BCUT2D eigenvalue weighted by Crippen LogP contribution is 2.09. The Kier molecular flexibility index (Phi) is 3.65. The Morgan fingerprint density at radius 3 is 3.00 bits per heavy atom. The number of rotatable bonds is 1. The van der Waals surface area contributed by atoms with Crippen LogP contribution in [0.5, 0.6) is 0 Å². The van der Waals surface area contributed by atoms with Gasteiger partial charge in [-0.05, 0) is 25.3 Å². The van der Waals surface area contributed by atoms with Crippen LogP contribution in [0, 0.1) is 0 Å². The fraction of sp³-hybridized carbons (Fsp3) is 0.444. The Morgan fingerprint density at radius 2 is 2.25 bits per heavy atom. The summed E-state index contributed by atoms with van der Waals surface area (Å²) in [7, 11) is 4.90. The molecule has 1 aliphatic carbocycles. The minimum absolute atomic E-state index is 0.146. The molecule has 0 spiro atoms. The van der Waals surface area contributed by atoms with Crippen LogP contribution in [-0.4, -0.2) is 19.8 Å². The predicted octanol–water partition coefficient (Wildman–Crippen LogP) is 1.96. The molecule has 0 aliphatic heterocycles. The van der Waals surface area contributed by atoms with Crippen LogP contribution in [0.3, 0.4) is 0 Å². The molecule has 2 nitrogen and oxygen atoms in total. The van der Waals surface area contributed by atoms with Crippen molar-refractivity contribution in [2.45, 2.75) is 25.4 Å². The van der Waals surface area contributed by atoms with Gasteiger partial charge in [-0.1, -0.05) is 18.2 Å². The number of carbonyl (C=O) groups is 1. The topological polar surface area (TPSA) is 26.3 Å². The monoisotopic (exact) mass is 162 g/mol. The number of ether oxygens (including phenoxy) is 1. The van der Waals surface area contributed by atoms with Crippen LogP contribution >= 0.6 is 0 Å². The van der Waals surface area contributed by atoms with Crippen LogP contribution < -0.4 is 0 Å². The SMILES string of the molecule is [B]C(=O)OC1/C=C/C/C=C/CC1. The van der Waals surface area contributed by atoms with E-state index in [9.17, 15) is 4.79 Å². The van der Waals surface area contributed by atoms with Gasteiger partial charge in [0.05, 0.1) is 0 Å². The summed E-state index contributed by atoms with van der Waals surface area (Å²) in [4.78, 5) is 10.4. The Bertz CT molecular complexity index is 209. The molecule has 1 atom stereocenters. The van der Waals surface area contributed by atoms with Gasteiger partial charge >= 0.3 is 0 Å². The largest absolute Gasteiger partial charge is 0.467 e. The molecule has 0 amide bonds. The van der Waals surface area contributed by atoms with E-state index in [0.29, 0.717) is 0 Å². The molecule has 0 heterocycles. The first-order chi connectivity index (χ1) is 5.79. The van der Waals surface area contributed by atoms with E-state index in [2.05, 4.69) is 12.2 Å². The summed E-state index contributed by atoms with van der Waals surface area (Å²) >= 11 is 0. The van der Waals surface area contributed by atoms with Gasteiger partial charge in [-0.15, -0.1) is 0 Å². The maximum absolute atomic E-state index is 10.4. The van der Waals surface area contributed by atoms with Gasteiger partial charge in [0.25, 0.3) is 0 Å². The lowest BCUT2D eigenvalue weighted by Crippen LogP contribution is -2.14. The molecular weight excluding hydrogens is 151 g/mol. The lowest BCUT2D eigenvalue weighted by atomic mass is 10.1. The highest BCUT2D eigenvalue weighted by molar-refractivity contribution is 6.55. The third-order valence-electron chi connectivity index (χ3n) is 1.67. The Balaban J connectivity index is 2.42. The van der Waals surface area contributed by atoms with E-state index in [-0.39, 0.29) is 6.10 Å². The average Bonchev–Trinajstić information content (AvgIpc) is 1.93. The molecule has 0 fully saturated rings. The summed E-state index contributed by atoms with van der Waals surface area (Å²) < 4.78 is 4.84. The molecule has 0 bridgehead atoms. The van der Waals surface area contributed by atoms with Crippen LogP contribution in [0.2, 0.25) is 0 Å². The number of carbonyl (C=O) groups excluding carboxylic acids is 1. The maximum atomic E-state index is 10.4. The fourth-order valence-corrected chi connectivity index (χ4v) is 1.13. The van der Waals surface area contributed by atoms with Crippen molar-refractivity contribution < 1.29 is 9.53 Å². The highest BCUT2D eigenvalue weighted by atomic mass is 16.5. The molecule has 1 aliphatic rings. The zero-order valence-electron chi connectivity index (χ0n) is 6.90. The van der Waals surface area contributed by atoms with Crippen molar-refractivity contribution >= 4 is 13.7 Å². The second-order valence-electron chi connectivity index (χ2n) is 2.69. The van der Waals surface area contributed by atoms with Gasteiger partial charge in [0, 0.05) is 0 Å². The summed E-state index contributed by atoms with van der Waals surface area (Å²) in [6.45, 7) is 0. The second-order valence-corrected chi connectivity index (χ2v) is 2.69. The third-order valence-corrected chi connectivity index (χ3v) is 1.67. The van der Waals surface area contributed by atoms with Crippen LogP contribution in [0.15, 0.2) is 24.3 Å². The highest BCUT2D eigenvalue weighted by Gasteiger charge is 2.06. The molecule has 62 valence electrons. The van der Waals surface area contributed by atoms with Crippen LogP contribution in [-0.2, 0) is 4.74 Å². The van der Waals surface area contributed by atoms with E-state index < -0.39 is 5.87 Å². The van der Waals surface area contributed by atoms with Crippen molar-refractivity contribution in [3.8, 4) is 0 Å². The normalized spacial score (nSPS) is 28.2. The lowest BCUT2D eigenvalue weighted by molar-refractivity contribution is 0.141. The van der Waals surface area contributed by atoms with E-state index in [0.717, 1.165) is 19.3 Å². The van der Waals surface area contributed by atoms with Gasteiger partial charge < -0.3 is 4.74 Å². The lowest BCUT2D eigenvalue weighted by Gasteiger charge is -2.13. The van der Waals surface area contributed by atoms with Gasteiger partial charge in [-0.25, -0.2) is 0 Å². The summed E-state index contributed by atoms with van der Waals surface area (Å²) in [6.07, 6.45) is 10.5. The van der Waals surface area contributed by atoms with Crippen molar-refractivity contribution in [1.29, 1.82) is 0 Å². The molecule has 0 saturated heterocycles. The van der Waals surface area contributed by atoms with Gasteiger partial charge in [0.2, 0.25) is 13.7 Å². The molecule has 0 aromatic carbocycles. The molecule has 12 heavy (non-hydrogen) atoms. The van der Waals surface area contributed by atoms with E-state index in [1.54, 1.807) is 0 Å². The molecule has 0 N–H and O–H groups in total. The molecule has 3 heteroatoms. The summed E-state index contributed by atoms with van der Waals surface area (Å²) in [5.41, 5.74) is 0. The van der Waals surface area contributed by atoms with Crippen molar-refractivity contribution in [1.82, 2.24) is 0 Å². The number of hydrogen-bond acceptors (Lipinski definition) is 2. The average molecular weight is 162 g/mol. The maximum Gasteiger partial charge on any atom is 0.236 e.